The van der Waals surface area contributed by atoms with Gasteiger partial charge in [0.25, 0.3) is 0 Å². The molecule has 3 aliphatic carbocycles. The molecule has 2 bridgehead atoms. The minimum atomic E-state index is -3.65. The first-order valence-corrected chi connectivity index (χ1v) is 14.4. The van der Waals surface area contributed by atoms with E-state index >= 15 is 0 Å². The molecule has 3 aliphatic rings. The van der Waals surface area contributed by atoms with Crippen LogP contribution in [0, 0.1) is 18.8 Å². The Bertz CT molecular complexity index is 1340. The van der Waals surface area contributed by atoms with Gasteiger partial charge in [-0.2, -0.15) is 5.10 Å². The minimum absolute atomic E-state index is 0.0571. The van der Waals surface area contributed by atoms with Gasteiger partial charge in [-0.1, -0.05) is 30.7 Å². The van der Waals surface area contributed by atoms with Crippen LogP contribution in [0.25, 0.3) is 0 Å². The molecule has 0 amide bonds. The predicted octanol–water partition coefficient (Wildman–Crippen LogP) is 3.41. The van der Waals surface area contributed by atoms with Crippen molar-refractivity contribution in [2.75, 3.05) is 33.1 Å². The van der Waals surface area contributed by atoms with Gasteiger partial charge in [-0.15, -0.1) is 0 Å². The van der Waals surface area contributed by atoms with Crippen molar-refractivity contribution < 1.29 is 32.6 Å². The Morgan fingerprint density at radius 3 is 2.32 bits per heavy atom. The van der Waals surface area contributed by atoms with Crippen LogP contribution < -0.4 is 0 Å². The van der Waals surface area contributed by atoms with E-state index in [-0.39, 0.29) is 29.6 Å². The molecule has 38 heavy (non-hydrogen) atoms. The Morgan fingerprint density at radius 1 is 1.00 bits per heavy atom. The zero-order valence-electron chi connectivity index (χ0n) is 22.1. The van der Waals surface area contributed by atoms with Crippen LogP contribution in [-0.2, 0) is 28.9 Å². The highest BCUT2D eigenvalue weighted by molar-refractivity contribution is 7.91. The number of fused-ring (bicyclic) bond motifs is 2. The minimum Gasteiger partial charge on any atom is -0.508 e. The van der Waals surface area contributed by atoms with Gasteiger partial charge >= 0.3 is 11.9 Å². The number of ether oxygens (including phenoxy) is 2. The fourth-order valence-electron chi connectivity index (χ4n) is 5.45. The number of phenols is 1. The summed E-state index contributed by atoms with van der Waals surface area (Å²) in [6.45, 7) is 3.62. The van der Waals surface area contributed by atoms with E-state index in [0.29, 0.717) is 12.8 Å². The van der Waals surface area contributed by atoms with Crippen LogP contribution >= 0.6 is 0 Å². The zero-order chi connectivity index (χ0) is 27.6. The second kappa shape index (κ2) is 11.1. The largest absolute Gasteiger partial charge is 0.508 e. The fourth-order valence-corrected chi connectivity index (χ4v) is 6.54. The van der Waals surface area contributed by atoms with E-state index in [9.17, 15) is 23.1 Å². The summed E-state index contributed by atoms with van der Waals surface area (Å²) < 4.78 is 36.5. The smallest absolute Gasteiger partial charge is 0.310 e. The van der Waals surface area contributed by atoms with Crippen LogP contribution in [0.4, 0.5) is 0 Å². The maximum absolute atomic E-state index is 13.5. The quantitative estimate of drug-likeness (QED) is 0.378. The lowest BCUT2D eigenvalue weighted by Gasteiger charge is -2.47. The van der Waals surface area contributed by atoms with Gasteiger partial charge in [-0.3, -0.25) is 9.59 Å². The monoisotopic (exact) mass is 542 g/mol. The molecule has 10 heteroatoms. The van der Waals surface area contributed by atoms with Crippen LogP contribution in [-0.4, -0.2) is 69.2 Å². The van der Waals surface area contributed by atoms with Gasteiger partial charge < -0.3 is 19.6 Å². The van der Waals surface area contributed by atoms with Crippen molar-refractivity contribution in [3.05, 3.63) is 59.2 Å². The number of hydrogen-bond acceptors (Lipinski definition) is 9. The van der Waals surface area contributed by atoms with Gasteiger partial charge in [0, 0.05) is 31.6 Å². The maximum Gasteiger partial charge on any atom is 0.310 e. The van der Waals surface area contributed by atoms with E-state index in [1.165, 1.54) is 12.1 Å². The molecule has 2 aromatic rings. The summed E-state index contributed by atoms with van der Waals surface area (Å²) >= 11 is 0. The van der Waals surface area contributed by atoms with Crippen molar-refractivity contribution in [3.63, 3.8) is 0 Å². The molecule has 5 rings (SSSR count). The highest BCUT2D eigenvalue weighted by Gasteiger charge is 2.57. The molecule has 0 radical (unpaired) electrons. The highest BCUT2D eigenvalue weighted by atomic mass is 32.2. The van der Waals surface area contributed by atoms with Crippen molar-refractivity contribution in [2.24, 2.45) is 16.9 Å². The highest BCUT2D eigenvalue weighted by Crippen LogP contribution is 2.55. The van der Waals surface area contributed by atoms with Gasteiger partial charge in [0.1, 0.15) is 12.4 Å². The Balaban J connectivity index is 1.63. The van der Waals surface area contributed by atoms with Crippen LogP contribution in [0.15, 0.2) is 52.5 Å². The third-order valence-electron chi connectivity index (χ3n) is 7.07. The molecule has 9 nitrogen and oxygen atoms in total. The van der Waals surface area contributed by atoms with E-state index in [1.54, 1.807) is 49.4 Å². The first-order valence-electron chi connectivity index (χ1n) is 12.7. The molecule has 0 spiro atoms. The average molecular weight is 543 g/mol. The molecule has 1 N–H and O–H groups in total. The fraction of sp³-hybridized carbons (Fsp3) is 0.464. The lowest BCUT2D eigenvalue weighted by molar-refractivity contribution is -0.163. The number of benzene rings is 2. The molecule has 4 atom stereocenters. The molecule has 0 aromatic heterocycles. The van der Waals surface area contributed by atoms with E-state index < -0.39 is 45.4 Å². The Kier molecular flexibility index (Phi) is 8.10. The summed E-state index contributed by atoms with van der Waals surface area (Å²) in [7, 11) is -0.0904. The van der Waals surface area contributed by atoms with Crippen LogP contribution in [0.5, 0.6) is 5.75 Å². The van der Waals surface area contributed by atoms with Crippen LogP contribution in [0.1, 0.15) is 48.3 Å². The number of aromatic hydroxyl groups is 1. The van der Waals surface area contributed by atoms with Crippen molar-refractivity contribution >= 4 is 27.5 Å². The average Bonchev–Trinajstić information content (AvgIpc) is 2.86. The Hall–Kier alpha value is -3.40. The van der Waals surface area contributed by atoms with E-state index in [1.807, 2.05) is 13.8 Å². The first kappa shape index (κ1) is 27.6. The Morgan fingerprint density at radius 2 is 1.66 bits per heavy atom. The number of nitrogens with zero attached hydrogens (tertiary/aromatic N) is 2. The van der Waals surface area contributed by atoms with Gasteiger partial charge in [0.05, 0.1) is 29.1 Å². The summed E-state index contributed by atoms with van der Waals surface area (Å²) in [4.78, 5) is 27.1. The van der Waals surface area contributed by atoms with E-state index in [4.69, 9.17) is 9.47 Å². The van der Waals surface area contributed by atoms with Crippen molar-refractivity contribution in [1.82, 2.24) is 5.01 Å². The summed E-state index contributed by atoms with van der Waals surface area (Å²) in [5.74, 6) is -4.28. The second-order valence-electron chi connectivity index (χ2n) is 10.1. The number of sulfone groups is 1. The molecule has 2 unspecified atom stereocenters. The molecule has 1 saturated carbocycles. The van der Waals surface area contributed by atoms with Gasteiger partial charge in [0.2, 0.25) is 0 Å². The topological polar surface area (TPSA) is 123 Å². The molecule has 1 fully saturated rings. The first-order chi connectivity index (χ1) is 18.0. The van der Waals surface area contributed by atoms with Crippen molar-refractivity contribution in [1.29, 1.82) is 0 Å². The number of hydrazone groups is 1. The number of esters is 2. The third-order valence-corrected chi connectivity index (χ3v) is 8.76. The summed E-state index contributed by atoms with van der Waals surface area (Å²) in [5.41, 5.74) is 3.25. The zero-order valence-corrected chi connectivity index (χ0v) is 22.9. The summed E-state index contributed by atoms with van der Waals surface area (Å²) in [6, 6.07) is 11.4. The molecule has 204 valence electrons. The van der Waals surface area contributed by atoms with Gasteiger partial charge in [-0.05, 0) is 55.2 Å². The summed E-state index contributed by atoms with van der Waals surface area (Å²) in [6.07, 6.45) is 1.05. The number of aryl methyl sites for hydroxylation is 1. The standard InChI is InChI=1S/C28H34N2O7S/c1-5-12-36-28(33)26-24-21-15-18(31)8-11-20(21)22(16-23(24)29-30(3)4)25(26)27(32)37-13-14-38(34,35)19-9-6-17(2)7-10-19/h6-11,15,22,24-26,31H,5,12-14,16H2,1-4H3/b29-23+/t22?,24?,25-,26-/m1/s1. The lowest BCUT2D eigenvalue weighted by atomic mass is 9.55. The maximum atomic E-state index is 13.5. The van der Waals surface area contributed by atoms with Crippen LogP contribution in [0.2, 0.25) is 0 Å². The van der Waals surface area contributed by atoms with E-state index in [2.05, 4.69) is 5.10 Å². The predicted molar refractivity (Wildman–Crippen MR) is 142 cm³/mol. The van der Waals surface area contributed by atoms with Crippen molar-refractivity contribution in [2.45, 2.75) is 43.4 Å². The number of hydrogen-bond donors (Lipinski definition) is 1. The SMILES string of the molecule is CCCOC(=O)[C@@H]1C2/C(=N/N(C)C)CC(c3ccc(O)cc32)[C@H]1C(=O)OCCS(=O)(=O)c1ccc(C)cc1. The van der Waals surface area contributed by atoms with Gasteiger partial charge in [0.15, 0.2) is 9.84 Å². The van der Waals surface area contributed by atoms with Crippen molar-refractivity contribution in [3.8, 4) is 5.75 Å². The molecule has 0 saturated heterocycles. The number of carbonyl (C=O) groups excluding carboxylic acids is 2. The normalized spacial score (nSPS) is 23.1. The second-order valence-corrected chi connectivity index (χ2v) is 12.2. The molecular weight excluding hydrogens is 508 g/mol. The molecule has 2 aromatic carbocycles. The lowest BCUT2D eigenvalue weighted by Crippen LogP contribution is -2.51. The van der Waals surface area contributed by atoms with Gasteiger partial charge in [-0.25, -0.2) is 8.42 Å². The number of carbonyl (C=O) groups is 2. The number of rotatable bonds is 9. The Labute approximate surface area is 223 Å². The molecule has 0 aliphatic heterocycles. The summed E-state index contributed by atoms with van der Waals surface area (Å²) in [5, 5.41) is 16.5. The number of phenolic OH excluding ortho intramolecular Hbond substituents is 1. The third kappa shape index (κ3) is 5.55. The molecular formula is C28H34N2O7S. The van der Waals surface area contributed by atoms with Crippen LogP contribution in [0.3, 0.4) is 0 Å². The van der Waals surface area contributed by atoms with E-state index in [0.717, 1.165) is 22.4 Å². The molecule has 0 heterocycles.